The summed E-state index contributed by atoms with van der Waals surface area (Å²) in [5.41, 5.74) is 3.01. The monoisotopic (exact) mass is 532 g/mol. The summed E-state index contributed by atoms with van der Waals surface area (Å²) in [5, 5.41) is 36.7. The molecule has 0 aliphatic heterocycles. The maximum absolute atomic E-state index is 11.2. The zero-order chi connectivity index (χ0) is 28.1. The van der Waals surface area contributed by atoms with Crippen LogP contribution in [0, 0.1) is 0 Å². The predicted octanol–water partition coefficient (Wildman–Crippen LogP) is 7.93. The minimum absolute atomic E-state index is 0. The molecule has 0 fully saturated rings. The van der Waals surface area contributed by atoms with E-state index < -0.39 is 23.9 Å². The summed E-state index contributed by atoms with van der Waals surface area (Å²) in [6.45, 7) is 15.0. The lowest BCUT2D eigenvalue weighted by Crippen LogP contribution is -2.11. The first-order chi connectivity index (χ1) is 16.5. The first-order valence-electron chi connectivity index (χ1n) is 11.8. The molecule has 0 unspecified atom stereocenters. The number of hydrogen-bond acceptors (Lipinski definition) is 4. The van der Waals surface area contributed by atoms with Gasteiger partial charge in [-0.2, -0.15) is 0 Å². The quantitative estimate of drug-likeness (QED) is 0.268. The minimum atomic E-state index is -1.09. The van der Waals surface area contributed by atoms with Gasteiger partial charge in [0.05, 0.1) is 22.3 Å². The van der Waals surface area contributed by atoms with Gasteiger partial charge < -0.3 is 20.4 Å². The predicted molar refractivity (Wildman–Crippen MR) is 151 cm³/mol. The molecule has 0 aliphatic carbocycles. The van der Waals surface area contributed by atoms with Crippen LogP contribution in [0.4, 0.5) is 0 Å². The van der Waals surface area contributed by atoms with Gasteiger partial charge in [-0.1, -0.05) is 76.3 Å². The Morgan fingerprint density at radius 3 is 0.789 bits per heavy atom. The van der Waals surface area contributed by atoms with Gasteiger partial charge in [0.2, 0.25) is 0 Å². The Bertz CT molecular complexity index is 1070. The maximum Gasteiger partial charge on any atom is 0.335 e. The van der Waals surface area contributed by atoms with Gasteiger partial charge in [0.25, 0.3) is 0 Å². The fraction of sp³-hybridized carbons (Fsp3) is 0.467. The molecule has 0 bridgehead atoms. The topological polar surface area (TPSA) is 149 Å². The van der Waals surface area contributed by atoms with Crippen molar-refractivity contribution < 1.29 is 39.6 Å². The second-order valence-electron chi connectivity index (χ2n) is 9.89. The number of carbonyl (C=O) groups is 4. The van der Waals surface area contributed by atoms with E-state index in [2.05, 4.69) is 0 Å². The standard InChI is InChI=1S/2C14H18O4.2CH4/c1-7(2)9-5-12(14(17)18)10(8(3)4)6-11(9)13(15)16;1-7(2)9-5-10(8(3)4)12(14(17)18)6-11(9)13(15)16;;/h2*5-8H,1-4H3,(H,15,16)(H,17,18);2*1H4. The van der Waals surface area contributed by atoms with Crippen LogP contribution in [0.25, 0.3) is 0 Å². The van der Waals surface area contributed by atoms with E-state index in [1.807, 2.05) is 55.4 Å². The molecule has 212 valence electrons. The molecule has 0 amide bonds. The van der Waals surface area contributed by atoms with Gasteiger partial charge in [-0.25, -0.2) is 19.2 Å². The highest BCUT2D eigenvalue weighted by Crippen LogP contribution is 2.29. The van der Waals surface area contributed by atoms with Crippen molar-refractivity contribution in [2.24, 2.45) is 0 Å². The van der Waals surface area contributed by atoms with Gasteiger partial charge in [0, 0.05) is 0 Å². The molecule has 2 aromatic carbocycles. The first kappa shape index (κ1) is 36.5. The summed E-state index contributed by atoms with van der Waals surface area (Å²) in [6, 6.07) is 5.97. The molecule has 0 radical (unpaired) electrons. The zero-order valence-electron chi connectivity index (χ0n) is 22.0. The third-order valence-corrected chi connectivity index (χ3v) is 5.85. The molecule has 0 spiro atoms. The van der Waals surface area contributed by atoms with Crippen LogP contribution in [-0.4, -0.2) is 44.3 Å². The van der Waals surface area contributed by atoms with Gasteiger partial charge in [-0.15, -0.1) is 0 Å². The summed E-state index contributed by atoms with van der Waals surface area (Å²) < 4.78 is 0. The third-order valence-electron chi connectivity index (χ3n) is 5.85. The number of aromatic carboxylic acids is 4. The fourth-order valence-corrected chi connectivity index (χ4v) is 3.92. The minimum Gasteiger partial charge on any atom is -0.478 e. The summed E-state index contributed by atoms with van der Waals surface area (Å²) in [4.78, 5) is 44.8. The number of carboxylic acid groups (broad SMARTS) is 4. The Hall–Kier alpha value is -3.68. The van der Waals surface area contributed by atoms with E-state index in [0.29, 0.717) is 22.3 Å². The molecule has 8 heteroatoms. The zero-order valence-corrected chi connectivity index (χ0v) is 22.0. The molecular weight excluding hydrogens is 488 g/mol. The third kappa shape index (κ3) is 8.71. The largest absolute Gasteiger partial charge is 0.478 e. The molecule has 0 aromatic heterocycles. The second kappa shape index (κ2) is 14.9. The van der Waals surface area contributed by atoms with Crippen molar-refractivity contribution in [3.05, 3.63) is 68.8 Å². The summed E-state index contributed by atoms with van der Waals surface area (Å²) in [6.07, 6.45) is 0. The molecule has 0 heterocycles. The summed E-state index contributed by atoms with van der Waals surface area (Å²) in [5.74, 6) is -4.19. The average Bonchev–Trinajstić information content (AvgIpc) is 2.76. The highest BCUT2D eigenvalue weighted by atomic mass is 16.4. The van der Waals surface area contributed by atoms with Crippen molar-refractivity contribution in [2.75, 3.05) is 0 Å². The molecular formula is C30H44O8. The van der Waals surface area contributed by atoms with Crippen molar-refractivity contribution in [2.45, 2.75) is 93.9 Å². The second-order valence-corrected chi connectivity index (χ2v) is 9.89. The van der Waals surface area contributed by atoms with E-state index in [0.717, 1.165) is 0 Å². The lowest BCUT2D eigenvalue weighted by molar-refractivity contribution is 0.0678. The molecule has 4 N–H and O–H groups in total. The van der Waals surface area contributed by atoms with E-state index in [1.165, 1.54) is 18.2 Å². The molecule has 0 atom stereocenters. The van der Waals surface area contributed by atoms with E-state index in [-0.39, 0.29) is 60.8 Å². The van der Waals surface area contributed by atoms with Crippen LogP contribution < -0.4 is 0 Å². The number of hydrogen-bond donors (Lipinski definition) is 4. The fourth-order valence-electron chi connectivity index (χ4n) is 3.92. The number of rotatable bonds is 8. The van der Waals surface area contributed by atoms with Crippen LogP contribution in [0.3, 0.4) is 0 Å². The van der Waals surface area contributed by atoms with E-state index >= 15 is 0 Å². The molecule has 38 heavy (non-hydrogen) atoms. The highest BCUT2D eigenvalue weighted by molar-refractivity contribution is 5.96. The van der Waals surface area contributed by atoms with E-state index in [4.69, 9.17) is 10.2 Å². The Labute approximate surface area is 226 Å². The molecule has 8 nitrogen and oxygen atoms in total. The van der Waals surface area contributed by atoms with Crippen molar-refractivity contribution >= 4 is 23.9 Å². The Kier molecular flexibility index (Phi) is 14.3. The molecule has 2 rings (SSSR count). The van der Waals surface area contributed by atoms with E-state index in [1.54, 1.807) is 6.07 Å². The first-order valence-corrected chi connectivity index (χ1v) is 11.8. The molecule has 0 saturated heterocycles. The Balaban J connectivity index is 0. The normalized spacial score (nSPS) is 10.4. The molecule has 0 saturated carbocycles. The SMILES string of the molecule is C.C.CC(C)c1cc(C(=O)O)c(C(C)C)cc1C(=O)O.CC(C)c1cc(C(C)C)c(C(=O)O)cc1C(=O)O. The van der Waals surface area contributed by atoms with Crippen LogP contribution in [0.2, 0.25) is 0 Å². The summed E-state index contributed by atoms with van der Waals surface area (Å²) in [7, 11) is 0. The highest BCUT2D eigenvalue weighted by Gasteiger charge is 2.22. The molecule has 0 aliphatic rings. The van der Waals surface area contributed by atoms with Crippen LogP contribution in [0.1, 0.15) is 158 Å². The van der Waals surface area contributed by atoms with Crippen LogP contribution in [-0.2, 0) is 0 Å². The van der Waals surface area contributed by atoms with Gasteiger partial charge >= 0.3 is 23.9 Å². The Morgan fingerprint density at radius 2 is 0.605 bits per heavy atom. The number of benzene rings is 2. The van der Waals surface area contributed by atoms with Crippen LogP contribution in [0.15, 0.2) is 24.3 Å². The average molecular weight is 533 g/mol. The van der Waals surface area contributed by atoms with Crippen molar-refractivity contribution in [3.8, 4) is 0 Å². The maximum atomic E-state index is 11.2. The molecule has 2 aromatic rings. The van der Waals surface area contributed by atoms with Gasteiger partial charge in [-0.3, -0.25) is 0 Å². The van der Waals surface area contributed by atoms with Gasteiger partial charge in [0.1, 0.15) is 0 Å². The van der Waals surface area contributed by atoms with Crippen molar-refractivity contribution in [1.82, 2.24) is 0 Å². The summed E-state index contributed by atoms with van der Waals surface area (Å²) >= 11 is 0. The lowest BCUT2D eigenvalue weighted by Gasteiger charge is -2.16. The van der Waals surface area contributed by atoms with Crippen LogP contribution >= 0.6 is 0 Å². The number of carboxylic acids is 4. The van der Waals surface area contributed by atoms with Gasteiger partial charge in [0.15, 0.2) is 0 Å². The van der Waals surface area contributed by atoms with Crippen molar-refractivity contribution in [1.29, 1.82) is 0 Å². The van der Waals surface area contributed by atoms with Crippen molar-refractivity contribution in [3.63, 3.8) is 0 Å². The lowest BCUT2D eigenvalue weighted by atomic mass is 9.88. The van der Waals surface area contributed by atoms with E-state index in [9.17, 15) is 29.4 Å². The van der Waals surface area contributed by atoms with Gasteiger partial charge in [-0.05, 0) is 64.1 Å². The van der Waals surface area contributed by atoms with Crippen LogP contribution in [0.5, 0.6) is 0 Å². The smallest absolute Gasteiger partial charge is 0.335 e. The Morgan fingerprint density at radius 1 is 0.421 bits per heavy atom.